The molecular weight excluding hydrogens is 400 g/mol. The first-order chi connectivity index (χ1) is 14.8. The van der Waals surface area contributed by atoms with Gasteiger partial charge >= 0.3 is 5.97 Å². The predicted octanol–water partition coefficient (Wildman–Crippen LogP) is 4.06. The van der Waals surface area contributed by atoms with Gasteiger partial charge in [0.1, 0.15) is 6.10 Å². The fourth-order valence-electron chi connectivity index (χ4n) is 4.28. The van der Waals surface area contributed by atoms with Gasteiger partial charge in [-0.25, -0.2) is 0 Å². The number of rotatable bonds is 10. The summed E-state index contributed by atoms with van der Waals surface area (Å²) in [5.41, 5.74) is -0.213. The van der Waals surface area contributed by atoms with Crippen LogP contribution in [0.5, 0.6) is 17.2 Å². The molecule has 0 unspecified atom stereocenters. The number of esters is 1. The number of ketones is 1. The standard InChI is InChI=1S/C24H32O7/c1-8-11-24(14-18(27-4)9-10-21(24)26)15(2)22(31-16(3)25)17-12-19(28-5)23(30-7)20(13-17)29-6/h8-10,12-13,15,18,22H,1,11,14H2,2-7H3/t15-,18+,22+,24-/m1/s1. The lowest BCUT2D eigenvalue weighted by Crippen LogP contribution is -2.45. The fraction of sp³-hybridized carbons (Fsp3) is 0.500. The SMILES string of the molecule is C=CC[C@]1([C@H](C)[C@H](OC(C)=O)c2cc(OC)c(OC)c(OC)c2)C[C@@H](OC)C=CC1=O. The summed E-state index contributed by atoms with van der Waals surface area (Å²) in [6, 6.07) is 3.48. The molecule has 170 valence electrons. The fourth-order valence-corrected chi connectivity index (χ4v) is 4.28. The molecule has 0 saturated heterocycles. The summed E-state index contributed by atoms with van der Waals surface area (Å²) in [5.74, 6) is 0.402. The van der Waals surface area contributed by atoms with Crippen LogP contribution in [0.4, 0.5) is 0 Å². The third-order valence-electron chi connectivity index (χ3n) is 5.96. The van der Waals surface area contributed by atoms with Crippen molar-refractivity contribution in [2.75, 3.05) is 28.4 Å². The first-order valence-corrected chi connectivity index (χ1v) is 10.1. The van der Waals surface area contributed by atoms with Crippen LogP contribution in [0.3, 0.4) is 0 Å². The Morgan fingerprint density at radius 3 is 2.26 bits per heavy atom. The number of carbonyl (C=O) groups is 2. The maximum absolute atomic E-state index is 13.2. The van der Waals surface area contributed by atoms with Crippen LogP contribution in [0.25, 0.3) is 0 Å². The van der Waals surface area contributed by atoms with Crippen LogP contribution in [0.2, 0.25) is 0 Å². The highest BCUT2D eigenvalue weighted by molar-refractivity contribution is 5.96. The largest absolute Gasteiger partial charge is 0.493 e. The van der Waals surface area contributed by atoms with E-state index in [-0.39, 0.29) is 11.9 Å². The lowest BCUT2D eigenvalue weighted by atomic mass is 9.62. The predicted molar refractivity (Wildman–Crippen MR) is 117 cm³/mol. The second-order valence-corrected chi connectivity index (χ2v) is 7.63. The van der Waals surface area contributed by atoms with Crippen LogP contribution < -0.4 is 14.2 Å². The topological polar surface area (TPSA) is 80.3 Å². The normalized spacial score (nSPS) is 22.4. The smallest absolute Gasteiger partial charge is 0.303 e. The Hall–Kier alpha value is -2.80. The van der Waals surface area contributed by atoms with Crippen LogP contribution in [0, 0.1) is 11.3 Å². The zero-order chi connectivity index (χ0) is 23.2. The average Bonchev–Trinajstić information content (AvgIpc) is 2.77. The zero-order valence-electron chi connectivity index (χ0n) is 19.1. The molecule has 1 aliphatic carbocycles. The summed E-state index contributed by atoms with van der Waals surface area (Å²) in [6.45, 7) is 7.11. The molecular formula is C24H32O7. The number of allylic oxidation sites excluding steroid dienone is 2. The van der Waals surface area contributed by atoms with Crippen molar-refractivity contribution in [2.45, 2.75) is 38.9 Å². The highest BCUT2D eigenvalue weighted by Crippen LogP contribution is 2.50. The van der Waals surface area contributed by atoms with E-state index in [0.717, 1.165) is 0 Å². The third-order valence-corrected chi connectivity index (χ3v) is 5.96. The second-order valence-electron chi connectivity index (χ2n) is 7.63. The number of carbonyl (C=O) groups excluding carboxylic acids is 2. The van der Waals surface area contributed by atoms with Gasteiger partial charge in [-0.3, -0.25) is 9.59 Å². The van der Waals surface area contributed by atoms with Crippen LogP contribution >= 0.6 is 0 Å². The summed E-state index contributed by atoms with van der Waals surface area (Å²) in [4.78, 5) is 25.2. The van der Waals surface area contributed by atoms with Gasteiger partial charge in [0, 0.05) is 30.9 Å². The van der Waals surface area contributed by atoms with E-state index >= 15 is 0 Å². The molecule has 0 bridgehead atoms. The van der Waals surface area contributed by atoms with Gasteiger partial charge in [0.25, 0.3) is 0 Å². The van der Waals surface area contributed by atoms with Gasteiger partial charge < -0.3 is 23.7 Å². The summed E-state index contributed by atoms with van der Waals surface area (Å²) in [6.07, 6.45) is 4.94. The molecule has 0 aliphatic heterocycles. The van der Waals surface area contributed by atoms with Crippen molar-refractivity contribution < 1.29 is 33.3 Å². The molecule has 0 saturated carbocycles. The molecule has 1 aromatic carbocycles. The number of benzene rings is 1. The first-order valence-electron chi connectivity index (χ1n) is 10.1. The van der Waals surface area contributed by atoms with Crippen molar-refractivity contribution in [3.05, 3.63) is 42.5 Å². The molecule has 0 amide bonds. The Morgan fingerprint density at radius 2 is 1.81 bits per heavy atom. The maximum atomic E-state index is 13.2. The molecule has 0 radical (unpaired) electrons. The van der Waals surface area contributed by atoms with Gasteiger partial charge in [-0.2, -0.15) is 0 Å². The quantitative estimate of drug-likeness (QED) is 0.407. The van der Waals surface area contributed by atoms with E-state index in [1.807, 2.05) is 6.92 Å². The van der Waals surface area contributed by atoms with E-state index < -0.39 is 23.4 Å². The molecule has 1 aromatic rings. The average molecular weight is 433 g/mol. The van der Waals surface area contributed by atoms with Gasteiger partial charge in [-0.1, -0.05) is 19.1 Å². The van der Waals surface area contributed by atoms with Gasteiger partial charge in [0.15, 0.2) is 17.3 Å². The van der Waals surface area contributed by atoms with Crippen molar-refractivity contribution in [3.8, 4) is 17.2 Å². The van der Waals surface area contributed by atoms with Crippen molar-refractivity contribution in [1.82, 2.24) is 0 Å². The lowest BCUT2D eigenvalue weighted by molar-refractivity contribution is -0.156. The molecule has 0 fully saturated rings. The Bertz CT molecular complexity index is 819. The molecule has 4 atom stereocenters. The van der Waals surface area contributed by atoms with Crippen molar-refractivity contribution in [2.24, 2.45) is 11.3 Å². The van der Waals surface area contributed by atoms with E-state index in [2.05, 4.69) is 6.58 Å². The van der Waals surface area contributed by atoms with Crippen LogP contribution in [0.15, 0.2) is 36.9 Å². The Balaban J connectivity index is 2.64. The van der Waals surface area contributed by atoms with Crippen molar-refractivity contribution in [1.29, 1.82) is 0 Å². The van der Waals surface area contributed by atoms with Crippen molar-refractivity contribution >= 4 is 11.8 Å². The van der Waals surface area contributed by atoms with Gasteiger partial charge in [0.05, 0.1) is 27.4 Å². The minimum Gasteiger partial charge on any atom is -0.493 e. The van der Waals surface area contributed by atoms with E-state index in [1.54, 1.807) is 37.5 Å². The molecule has 31 heavy (non-hydrogen) atoms. The van der Waals surface area contributed by atoms with Gasteiger partial charge in [-0.05, 0) is 31.1 Å². The molecule has 7 nitrogen and oxygen atoms in total. The Kier molecular flexibility index (Phi) is 8.28. The minimum atomic E-state index is -0.850. The lowest BCUT2D eigenvalue weighted by Gasteiger charge is -2.43. The van der Waals surface area contributed by atoms with E-state index in [4.69, 9.17) is 23.7 Å². The molecule has 1 aliphatic rings. The number of hydrogen-bond donors (Lipinski definition) is 0. The molecule has 0 spiro atoms. The van der Waals surface area contributed by atoms with Gasteiger partial charge in [-0.15, -0.1) is 6.58 Å². The molecule has 0 N–H and O–H groups in total. The second kappa shape index (κ2) is 10.5. The van der Waals surface area contributed by atoms with Crippen LogP contribution in [-0.2, 0) is 19.1 Å². The first kappa shape index (κ1) is 24.5. The molecule has 2 rings (SSSR count). The third kappa shape index (κ3) is 4.93. The van der Waals surface area contributed by atoms with E-state index in [0.29, 0.717) is 35.7 Å². The summed E-state index contributed by atoms with van der Waals surface area (Å²) in [5, 5.41) is 0. The summed E-state index contributed by atoms with van der Waals surface area (Å²) in [7, 11) is 6.16. The highest BCUT2D eigenvalue weighted by Gasteiger charge is 2.49. The van der Waals surface area contributed by atoms with Crippen molar-refractivity contribution in [3.63, 3.8) is 0 Å². The Labute approximate surface area is 184 Å². The van der Waals surface area contributed by atoms with Gasteiger partial charge in [0.2, 0.25) is 5.75 Å². The Morgan fingerprint density at radius 1 is 1.19 bits per heavy atom. The summed E-state index contributed by atoms with van der Waals surface area (Å²) < 4.78 is 27.6. The number of methoxy groups -OCH3 is 4. The minimum absolute atomic E-state index is 0.0437. The zero-order valence-corrected chi connectivity index (χ0v) is 19.1. The molecule has 0 aromatic heterocycles. The summed E-state index contributed by atoms with van der Waals surface area (Å²) >= 11 is 0. The van der Waals surface area contributed by atoms with Crippen LogP contribution in [-0.4, -0.2) is 46.3 Å². The van der Waals surface area contributed by atoms with E-state index in [9.17, 15) is 9.59 Å². The molecule has 7 heteroatoms. The van der Waals surface area contributed by atoms with E-state index in [1.165, 1.54) is 28.3 Å². The number of hydrogen-bond acceptors (Lipinski definition) is 7. The van der Waals surface area contributed by atoms with Crippen LogP contribution in [0.1, 0.15) is 38.4 Å². The highest BCUT2D eigenvalue weighted by atomic mass is 16.5. The maximum Gasteiger partial charge on any atom is 0.303 e. The molecule has 0 heterocycles. The monoisotopic (exact) mass is 432 g/mol. The number of ether oxygens (including phenoxy) is 5.